The number of amides is 1. The van der Waals surface area contributed by atoms with Crippen LogP contribution in [0, 0.1) is 5.82 Å². The molecule has 8 heteroatoms. The summed E-state index contributed by atoms with van der Waals surface area (Å²) in [4.78, 5) is 25.7. The molecule has 0 bridgehead atoms. The van der Waals surface area contributed by atoms with Crippen molar-refractivity contribution in [3.63, 3.8) is 0 Å². The van der Waals surface area contributed by atoms with Crippen LogP contribution in [-0.4, -0.2) is 24.1 Å². The average Bonchev–Trinajstić information content (AvgIpc) is 2.82. The molecule has 0 radical (unpaired) electrons. The number of esters is 1. The number of thiocarbonyl (C=S) groups is 1. The van der Waals surface area contributed by atoms with Crippen LogP contribution in [0.3, 0.4) is 0 Å². The van der Waals surface area contributed by atoms with Crippen molar-refractivity contribution in [3.05, 3.63) is 51.7 Å². The van der Waals surface area contributed by atoms with Crippen molar-refractivity contribution >= 4 is 45.5 Å². The van der Waals surface area contributed by atoms with Gasteiger partial charge in [0.25, 0.3) is 5.91 Å². The van der Waals surface area contributed by atoms with Gasteiger partial charge in [-0.3, -0.25) is 10.1 Å². The van der Waals surface area contributed by atoms with Gasteiger partial charge in [-0.15, -0.1) is 11.3 Å². The van der Waals surface area contributed by atoms with Crippen molar-refractivity contribution < 1.29 is 18.7 Å². The standard InChI is InChI=1S/C19H19FN2O3S2/c1-25-18(24)15-13-5-3-2-4-6-14(13)27-17(15)22-19(26)21-16(23)11-7-9-12(20)10-8-11/h7-10H,2-6H2,1H3,(H2,21,22,23,26). The third kappa shape index (κ3) is 4.51. The molecule has 0 atom stereocenters. The van der Waals surface area contributed by atoms with E-state index in [0.717, 1.165) is 42.5 Å². The molecule has 5 nitrogen and oxygen atoms in total. The van der Waals surface area contributed by atoms with Crippen LogP contribution in [-0.2, 0) is 17.6 Å². The monoisotopic (exact) mass is 406 g/mol. The summed E-state index contributed by atoms with van der Waals surface area (Å²) >= 11 is 6.70. The van der Waals surface area contributed by atoms with E-state index in [9.17, 15) is 14.0 Å². The summed E-state index contributed by atoms with van der Waals surface area (Å²) in [6.45, 7) is 0. The summed E-state index contributed by atoms with van der Waals surface area (Å²) in [7, 11) is 1.35. The lowest BCUT2D eigenvalue weighted by atomic mass is 10.1. The number of hydrogen-bond acceptors (Lipinski definition) is 5. The summed E-state index contributed by atoms with van der Waals surface area (Å²) in [6, 6.07) is 5.16. The zero-order valence-electron chi connectivity index (χ0n) is 14.8. The Morgan fingerprint density at radius 1 is 1.15 bits per heavy atom. The van der Waals surface area contributed by atoms with E-state index in [0.29, 0.717) is 10.6 Å². The number of carbonyl (C=O) groups excluding carboxylic acids is 2. The van der Waals surface area contributed by atoms with E-state index in [-0.39, 0.29) is 10.7 Å². The Balaban J connectivity index is 1.78. The lowest BCUT2D eigenvalue weighted by Crippen LogP contribution is -2.34. The number of fused-ring (bicyclic) bond motifs is 1. The largest absolute Gasteiger partial charge is 0.465 e. The van der Waals surface area contributed by atoms with Crippen LogP contribution >= 0.6 is 23.6 Å². The lowest BCUT2D eigenvalue weighted by molar-refractivity contribution is 0.0601. The molecular formula is C19H19FN2O3S2. The van der Waals surface area contributed by atoms with E-state index in [1.807, 2.05) is 0 Å². The van der Waals surface area contributed by atoms with Crippen molar-refractivity contribution in [2.75, 3.05) is 12.4 Å². The van der Waals surface area contributed by atoms with Gasteiger partial charge < -0.3 is 10.1 Å². The molecule has 2 N–H and O–H groups in total. The third-order valence-corrected chi connectivity index (χ3v) is 5.78. The minimum absolute atomic E-state index is 0.0749. The summed E-state index contributed by atoms with van der Waals surface area (Å²) < 4.78 is 17.9. The molecule has 1 amide bonds. The van der Waals surface area contributed by atoms with E-state index in [4.69, 9.17) is 17.0 Å². The first kappa shape index (κ1) is 19.4. The molecule has 0 saturated heterocycles. The van der Waals surface area contributed by atoms with Crippen molar-refractivity contribution in [1.82, 2.24) is 5.32 Å². The molecule has 142 valence electrons. The van der Waals surface area contributed by atoms with Crippen LogP contribution in [0.1, 0.15) is 50.4 Å². The molecule has 0 fully saturated rings. The van der Waals surface area contributed by atoms with Crippen LogP contribution in [0.15, 0.2) is 24.3 Å². The number of nitrogens with one attached hydrogen (secondary N) is 2. The Morgan fingerprint density at radius 3 is 2.56 bits per heavy atom. The Kier molecular flexibility index (Phi) is 6.18. The van der Waals surface area contributed by atoms with Gasteiger partial charge >= 0.3 is 5.97 Å². The quantitative estimate of drug-likeness (QED) is 0.457. The van der Waals surface area contributed by atoms with Gasteiger partial charge in [0.15, 0.2) is 5.11 Å². The summed E-state index contributed by atoms with van der Waals surface area (Å²) in [5.74, 6) is -1.29. The predicted molar refractivity (Wildman–Crippen MR) is 107 cm³/mol. The number of methoxy groups -OCH3 is 1. The van der Waals surface area contributed by atoms with Gasteiger partial charge in [-0.1, -0.05) is 6.42 Å². The molecule has 1 aliphatic carbocycles. The zero-order chi connectivity index (χ0) is 19.4. The highest BCUT2D eigenvalue weighted by Crippen LogP contribution is 2.37. The van der Waals surface area contributed by atoms with E-state index < -0.39 is 17.7 Å². The number of ether oxygens (including phenoxy) is 1. The Morgan fingerprint density at radius 2 is 1.85 bits per heavy atom. The van der Waals surface area contributed by atoms with Crippen LogP contribution in [0.4, 0.5) is 9.39 Å². The third-order valence-electron chi connectivity index (χ3n) is 4.37. The highest BCUT2D eigenvalue weighted by molar-refractivity contribution is 7.80. The summed E-state index contributed by atoms with van der Waals surface area (Å²) in [5.41, 5.74) is 1.80. The number of halogens is 1. The minimum atomic E-state index is -0.453. The Bertz CT molecular complexity index is 878. The topological polar surface area (TPSA) is 67.4 Å². The van der Waals surface area contributed by atoms with Crippen molar-refractivity contribution in [2.24, 2.45) is 0 Å². The fourth-order valence-corrected chi connectivity index (χ4v) is 4.60. The first-order chi connectivity index (χ1) is 13.0. The summed E-state index contributed by atoms with van der Waals surface area (Å²) in [6.07, 6.45) is 4.99. The van der Waals surface area contributed by atoms with E-state index in [1.165, 1.54) is 42.7 Å². The molecule has 1 aromatic heterocycles. The number of carbonyl (C=O) groups is 2. The highest BCUT2D eigenvalue weighted by Gasteiger charge is 2.26. The van der Waals surface area contributed by atoms with Gasteiger partial charge in [-0.2, -0.15) is 0 Å². The fourth-order valence-electron chi connectivity index (χ4n) is 3.06. The molecule has 0 saturated carbocycles. The van der Waals surface area contributed by atoms with Gasteiger partial charge in [0.05, 0.1) is 12.7 Å². The molecule has 3 rings (SSSR count). The first-order valence-corrected chi connectivity index (χ1v) is 9.83. The van der Waals surface area contributed by atoms with Crippen LogP contribution < -0.4 is 10.6 Å². The molecule has 2 aromatic rings. The molecule has 1 heterocycles. The van der Waals surface area contributed by atoms with Crippen LogP contribution in [0.5, 0.6) is 0 Å². The van der Waals surface area contributed by atoms with Crippen molar-refractivity contribution in [1.29, 1.82) is 0 Å². The molecule has 0 spiro atoms. The summed E-state index contributed by atoms with van der Waals surface area (Å²) in [5, 5.41) is 6.17. The Labute approximate surface area is 165 Å². The molecular weight excluding hydrogens is 387 g/mol. The van der Waals surface area contributed by atoms with Crippen LogP contribution in [0.2, 0.25) is 0 Å². The molecule has 1 aliphatic rings. The van der Waals surface area contributed by atoms with Gasteiger partial charge in [0.1, 0.15) is 10.8 Å². The molecule has 0 unspecified atom stereocenters. The van der Waals surface area contributed by atoms with E-state index >= 15 is 0 Å². The maximum Gasteiger partial charge on any atom is 0.341 e. The second-order valence-corrected chi connectivity index (χ2v) is 7.69. The molecule has 27 heavy (non-hydrogen) atoms. The number of benzene rings is 1. The first-order valence-electron chi connectivity index (χ1n) is 8.60. The van der Waals surface area contributed by atoms with Crippen molar-refractivity contribution in [3.8, 4) is 0 Å². The zero-order valence-corrected chi connectivity index (χ0v) is 16.4. The van der Waals surface area contributed by atoms with Crippen molar-refractivity contribution in [2.45, 2.75) is 32.1 Å². The maximum absolute atomic E-state index is 13.0. The Hall–Kier alpha value is -2.32. The molecule has 0 aliphatic heterocycles. The number of thiophene rings is 1. The second-order valence-electron chi connectivity index (χ2n) is 6.18. The average molecular weight is 407 g/mol. The normalized spacial score (nSPS) is 13.3. The van der Waals surface area contributed by atoms with Gasteiger partial charge in [-0.25, -0.2) is 9.18 Å². The smallest absolute Gasteiger partial charge is 0.341 e. The second kappa shape index (κ2) is 8.58. The van der Waals surface area contributed by atoms with Gasteiger partial charge in [0.2, 0.25) is 0 Å². The SMILES string of the molecule is COC(=O)c1c(NC(=S)NC(=O)c2ccc(F)cc2)sc2c1CCCCC2. The number of hydrogen-bond donors (Lipinski definition) is 2. The number of rotatable bonds is 3. The predicted octanol–water partition coefficient (Wildman–Crippen LogP) is 4.07. The molecule has 1 aromatic carbocycles. The minimum Gasteiger partial charge on any atom is -0.465 e. The number of aryl methyl sites for hydroxylation is 1. The van der Waals surface area contributed by atoms with E-state index in [1.54, 1.807) is 0 Å². The van der Waals surface area contributed by atoms with Gasteiger partial charge in [-0.05, 0) is 67.7 Å². The lowest BCUT2D eigenvalue weighted by Gasteiger charge is -2.10. The fraction of sp³-hybridized carbons (Fsp3) is 0.316. The number of anilines is 1. The maximum atomic E-state index is 13.0. The van der Waals surface area contributed by atoms with Gasteiger partial charge in [0, 0.05) is 10.4 Å². The van der Waals surface area contributed by atoms with E-state index in [2.05, 4.69) is 10.6 Å². The van der Waals surface area contributed by atoms with Crippen LogP contribution in [0.25, 0.3) is 0 Å². The highest BCUT2D eigenvalue weighted by atomic mass is 32.1.